The maximum absolute atomic E-state index is 13.5. The van der Waals surface area contributed by atoms with Gasteiger partial charge in [-0.25, -0.2) is 9.67 Å². The van der Waals surface area contributed by atoms with E-state index in [-0.39, 0.29) is 23.0 Å². The van der Waals surface area contributed by atoms with Gasteiger partial charge in [0.2, 0.25) is 5.95 Å². The van der Waals surface area contributed by atoms with Gasteiger partial charge in [0, 0.05) is 23.8 Å². The summed E-state index contributed by atoms with van der Waals surface area (Å²) < 4.78 is 60.5. The molecule has 1 aliphatic carbocycles. The van der Waals surface area contributed by atoms with Crippen LogP contribution < -0.4 is 16.2 Å². The first-order chi connectivity index (χ1) is 17.3. The Kier molecular flexibility index (Phi) is 5.14. The Morgan fingerprint density at radius 2 is 2.03 bits per heavy atom. The quantitative estimate of drug-likeness (QED) is 0.388. The van der Waals surface area contributed by atoms with Crippen molar-refractivity contribution in [3.63, 3.8) is 0 Å². The summed E-state index contributed by atoms with van der Waals surface area (Å²) in [5, 5.41) is 6.22. The van der Waals surface area contributed by atoms with Crippen molar-refractivity contribution < 1.29 is 22.0 Å². The first-order valence-electron chi connectivity index (χ1n) is 11.4. The van der Waals surface area contributed by atoms with Crippen LogP contribution in [0.15, 0.2) is 39.9 Å². The van der Waals surface area contributed by atoms with Gasteiger partial charge in [-0.1, -0.05) is 6.07 Å². The van der Waals surface area contributed by atoms with Crippen LogP contribution >= 0.6 is 0 Å². The van der Waals surface area contributed by atoms with E-state index < -0.39 is 30.4 Å². The number of hydrogen-bond donors (Lipinski definition) is 2. The second-order valence-corrected chi connectivity index (χ2v) is 9.19. The van der Waals surface area contributed by atoms with Gasteiger partial charge in [-0.2, -0.15) is 27.8 Å². The maximum atomic E-state index is 13.5. The molecule has 1 aromatic carbocycles. The van der Waals surface area contributed by atoms with Crippen molar-refractivity contribution in [2.45, 2.75) is 43.9 Å². The predicted octanol–water partition coefficient (Wildman–Crippen LogP) is 3.52. The van der Waals surface area contributed by atoms with Crippen molar-refractivity contribution in [3.05, 3.63) is 57.8 Å². The second-order valence-electron chi connectivity index (χ2n) is 9.19. The third kappa shape index (κ3) is 3.92. The second kappa shape index (κ2) is 8.15. The van der Waals surface area contributed by atoms with Crippen LogP contribution in [0.25, 0.3) is 17.0 Å². The lowest BCUT2D eigenvalue weighted by molar-refractivity contribution is -0.144. The molecule has 1 fully saturated rings. The topological polar surface area (TPSA) is 103 Å². The Bertz CT molecular complexity index is 1520. The molecule has 2 N–H and O–H groups in total. The molecule has 4 heterocycles. The Hall–Kier alpha value is -3.74. The molecule has 1 aliphatic heterocycles. The van der Waals surface area contributed by atoms with Crippen LogP contribution in [-0.4, -0.2) is 43.7 Å². The highest BCUT2D eigenvalue weighted by molar-refractivity contribution is 5.76. The van der Waals surface area contributed by atoms with Crippen LogP contribution in [0.2, 0.25) is 0 Å². The monoisotopic (exact) mass is 503 g/mol. The molecule has 1 saturated carbocycles. The van der Waals surface area contributed by atoms with E-state index >= 15 is 0 Å². The molecule has 0 atom stereocenters. The van der Waals surface area contributed by atoms with Gasteiger partial charge < -0.3 is 15.1 Å². The number of anilines is 2. The summed E-state index contributed by atoms with van der Waals surface area (Å²) in [6.07, 6.45) is -0.276. The molecule has 0 unspecified atom stereocenters. The van der Waals surface area contributed by atoms with Crippen LogP contribution in [0, 0.1) is 0 Å². The van der Waals surface area contributed by atoms with E-state index in [1.807, 2.05) is 18.2 Å². The van der Waals surface area contributed by atoms with Crippen LogP contribution in [-0.2, 0) is 24.9 Å². The first-order valence-corrected chi connectivity index (χ1v) is 11.4. The molecule has 188 valence electrons. The van der Waals surface area contributed by atoms with Gasteiger partial charge in [-0.3, -0.25) is 9.18 Å². The third-order valence-electron chi connectivity index (χ3n) is 6.68. The van der Waals surface area contributed by atoms with Crippen molar-refractivity contribution in [1.29, 1.82) is 0 Å². The molecule has 3 aromatic heterocycles. The lowest BCUT2D eigenvalue weighted by Gasteiger charge is -2.18. The smallest absolute Gasteiger partial charge is 0.408 e. The number of oxazole rings is 1. The number of nitrogens with zero attached hydrogens (tertiary/aromatic N) is 5. The molecular formula is C23H21F4N7O2. The highest BCUT2D eigenvalue weighted by Gasteiger charge is 2.47. The van der Waals surface area contributed by atoms with Gasteiger partial charge in [0.15, 0.2) is 5.65 Å². The predicted molar refractivity (Wildman–Crippen MR) is 121 cm³/mol. The van der Waals surface area contributed by atoms with Crippen molar-refractivity contribution in [1.82, 2.24) is 29.6 Å². The summed E-state index contributed by atoms with van der Waals surface area (Å²) in [6.45, 7) is -0.625. The molecule has 4 aromatic rings. The van der Waals surface area contributed by atoms with Crippen LogP contribution in [0.3, 0.4) is 0 Å². The summed E-state index contributed by atoms with van der Waals surface area (Å²) in [5.41, 5.74) is 1.49. The van der Waals surface area contributed by atoms with Crippen LogP contribution in [0.1, 0.15) is 29.7 Å². The normalized spacial score (nSPS) is 16.8. The molecule has 0 spiro atoms. The number of fused-ring (bicyclic) bond motifs is 2. The van der Waals surface area contributed by atoms with E-state index in [1.165, 1.54) is 18.0 Å². The van der Waals surface area contributed by atoms with Crippen molar-refractivity contribution in [2.75, 3.05) is 18.5 Å². The van der Waals surface area contributed by atoms with Gasteiger partial charge in [-0.05, 0) is 49.1 Å². The largest absolute Gasteiger partial charge is 0.430 e. The lowest BCUT2D eigenvalue weighted by atomic mass is 10.0. The number of benzene rings is 1. The third-order valence-corrected chi connectivity index (χ3v) is 6.68. The fourth-order valence-electron chi connectivity index (χ4n) is 4.50. The van der Waals surface area contributed by atoms with E-state index in [0.29, 0.717) is 28.9 Å². The molecule has 0 amide bonds. The van der Waals surface area contributed by atoms with E-state index in [1.54, 1.807) is 0 Å². The molecule has 36 heavy (non-hydrogen) atoms. The fraction of sp³-hybridized carbons (Fsp3) is 0.391. The van der Waals surface area contributed by atoms with E-state index in [0.717, 1.165) is 29.8 Å². The summed E-state index contributed by atoms with van der Waals surface area (Å²) in [7, 11) is 0. The first kappa shape index (κ1) is 22.7. The number of alkyl halides is 4. The van der Waals surface area contributed by atoms with Gasteiger partial charge in [0.1, 0.15) is 24.9 Å². The number of halogens is 4. The Labute approximate surface area is 201 Å². The minimum absolute atomic E-state index is 0.0818. The van der Waals surface area contributed by atoms with Crippen LogP contribution in [0.4, 0.5) is 29.2 Å². The van der Waals surface area contributed by atoms with E-state index in [9.17, 15) is 22.4 Å². The summed E-state index contributed by atoms with van der Waals surface area (Å²) >= 11 is 0. The molecule has 6 rings (SSSR count). The molecule has 0 radical (unpaired) electrons. The number of nitrogens with one attached hydrogen (secondary N) is 2. The van der Waals surface area contributed by atoms with Gasteiger partial charge in [-0.15, -0.1) is 0 Å². The van der Waals surface area contributed by atoms with E-state index in [2.05, 4.69) is 25.6 Å². The summed E-state index contributed by atoms with van der Waals surface area (Å²) in [5.74, 6) is 0.0818. The zero-order chi connectivity index (χ0) is 25.1. The Morgan fingerprint density at radius 1 is 1.19 bits per heavy atom. The molecule has 2 aliphatic rings. The fourth-order valence-corrected chi connectivity index (χ4v) is 4.50. The highest BCUT2D eigenvalue weighted by atomic mass is 19.4. The zero-order valence-corrected chi connectivity index (χ0v) is 18.9. The zero-order valence-electron chi connectivity index (χ0n) is 18.9. The number of rotatable bonds is 6. The minimum Gasteiger partial charge on any atom is -0.430 e. The average molecular weight is 503 g/mol. The highest BCUT2D eigenvalue weighted by Crippen LogP contribution is 2.48. The molecule has 0 saturated heterocycles. The average Bonchev–Trinajstić information content (AvgIpc) is 3.43. The Balaban J connectivity index is 1.44. The molecular weight excluding hydrogens is 482 g/mol. The lowest BCUT2D eigenvalue weighted by Crippen LogP contribution is -2.30. The number of aromatic nitrogens is 5. The van der Waals surface area contributed by atoms with E-state index in [4.69, 9.17) is 4.42 Å². The number of hydrogen-bond acceptors (Lipinski definition) is 7. The van der Waals surface area contributed by atoms with Crippen LogP contribution in [0.5, 0.6) is 0 Å². The van der Waals surface area contributed by atoms with Gasteiger partial charge in [0.25, 0.3) is 5.56 Å². The SMILES string of the molecule is O=c1c2cnc(Nc3ccc4c(c3)CNCC4)nc2n(-c2nc(C3(CF)CC3)co2)n1CC(F)(F)F. The Morgan fingerprint density at radius 3 is 2.78 bits per heavy atom. The minimum atomic E-state index is -4.70. The standard InChI is InChI=1S/C23H21F4N7O2/c24-11-22(4-5-22)17-10-36-21(31-17)34-18-16(19(35)33(34)12-23(25,26)27)9-29-20(32-18)30-15-2-1-13-3-6-28-8-14(13)7-15/h1-2,7,9-10,28H,3-6,8,11-12H2,(H,29,30,32). The molecule has 13 heteroatoms. The molecule has 9 nitrogen and oxygen atoms in total. The van der Waals surface area contributed by atoms with Gasteiger partial charge >= 0.3 is 12.2 Å². The van der Waals surface area contributed by atoms with Gasteiger partial charge in [0.05, 0.1) is 5.69 Å². The van der Waals surface area contributed by atoms with Crippen molar-refractivity contribution >= 4 is 22.7 Å². The molecule has 0 bridgehead atoms. The van der Waals surface area contributed by atoms with Crippen molar-refractivity contribution in [3.8, 4) is 6.01 Å². The summed E-state index contributed by atoms with van der Waals surface area (Å²) in [4.78, 5) is 25.6. The van der Waals surface area contributed by atoms with Crippen molar-refractivity contribution in [2.24, 2.45) is 0 Å². The maximum Gasteiger partial charge on any atom is 0.408 e. The summed E-state index contributed by atoms with van der Waals surface area (Å²) in [6, 6.07) is 5.51.